The van der Waals surface area contributed by atoms with Gasteiger partial charge in [0.1, 0.15) is 0 Å². The molecule has 0 aromatic carbocycles. The molecule has 0 saturated carbocycles. The topological polar surface area (TPSA) is 94.3 Å². The van der Waals surface area contributed by atoms with Crippen molar-refractivity contribution in [2.45, 2.75) is 0 Å². The van der Waals surface area contributed by atoms with Crippen molar-refractivity contribution in [3.8, 4) is 0 Å². The van der Waals surface area contributed by atoms with E-state index < -0.39 is 6.03 Å². The lowest BCUT2D eigenvalue weighted by Gasteiger charge is -2.33. The zero-order chi connectivity index (χ0) is 9.84. The summed E-state index contributed by atoms with van der Waals surface area (Å²) in [4.78, 5) is 25.1. The maximum Gasteiger partial charge on any atom is 0.314 e. The number of hydrogen-bond acceptors (Lipinski definition) is 2. The van der Waals surface area contributed by atoms with Crippen LogP contribution in [0, 0.1) is 0 Å². The van der Waals surface area contributed by atoms with Gasteiger partial charge in [-0.3, -0.25) is 4.79 Å². The Labute approximate surface area is 76.4 Å². The first-order valence-electron chi connectivity index (χ1n) is 4.26. The Bertz CT molecular complexity index is 211. The Kier molecular flexibility index (Phi) is 3.07. The lowest BCUT2D eigenvalue weighted by molar-refractivity contribution is -0.357. The number of carbonyl (C=O) groups is 2. The average molecular weight is 187 g/mol. The fourth-order valence-electron chi connectivity index (χ4n) is 1.33. The van der Waals surface area contributed by atoms with Crippen LogP contribution in [0.4, 0.5) is 4.79 Å². The van der Waals surface area contributed by atoms with Crippen LogP contribution < -0.4 is 11.5 Å². The van der Waals surface area contributed by atoms with Crippen molar-refractivity contribution in [3.63, 3.8) is 0 Å². The Hall–Kier alpha value is -1.30. The second-order valence-electron chi connectivity index (χ2n) is 2.96. The molecule has 6 nitrogen and oxygen atoms in total. The first-order valence-corrected chi connectivity index (χ1v) is 4.26. The molecular formula is C7H15N4O2+. The van der Waals surface area contributed by atoms with E-state index in [1.807, 2.05) is 0 Å². The molecule has 0 aliphatic carbocycles. The van der Waals surface area contributed by atoms with Gasteiger partial charge in [-0.25, -0.2) is 4.79 Å². The highest BCUT2D eigenvalue weighted by molar-refractivity contribution is 5.77. The van der Waals surface area contributed by atoms with E-state index in [0.29, 0.717) is 26.2 Å². The van der Waals surface area contributed by atoms with E-state index >= 15 is 0 Å². The number of piperazine rings is 1. The standard InChI is InChI=1S/C7H14N4O2/c8-5-6(12)10-1-3-11(4-2-10)7(9)13/h1-5,8H2,(H2,9,13)/p+1. The van der Waals surface area contributed by atoms with Crippen LogP contribution in [0.1, 0.15) is 0 Å². The highest BCUT2D eigenvalue weighted by atomic mass is 16.2. The number of nitrogens with two attached hydrogens (primary N) is 1. The molecule has 6 heteroatoms. The van der Waals surface area contributed by atoms with Gasteiger partial charge in [0.2, 0.25) is 0 Å². The van der Waals surface area contributed by atoms with E-state index in [9.17, 15) is 9.59 Å². The van der Waals surface area contributed by atoms with Gasteiger partial charge in [0, 0.05) is 26.2 Å². The van der Waals surface area contributed by atoms with Crippen LogP contribution in [0.3, 0.4) is 0 Å². The number of carbonyl (C=O) groups excluding carboxylic acids is 2. The van der Waals surface area contributed by atoms with Crippen LogP contribution in [0.5, 0.6) is 0 Å². The zero-order valence-corrected chi connectivity index (χ0v) is 7.53. The molecule has 1 aliphatic rings. The number of quaternary nitrogens is 1. The number of urea groups is 1. The van der Waals surface area contributed by atoms with Gasteiger partial charge in [0.15, 0.2) is 6.54 Å². The molecule has 0 aromatic heterocycles. The minimum absolute atomic E-state index is 0.0316. The minimum atomic E-state index is -0.415. The summed E-state index contributed by atoms with van der Waals surface area (Å²) >= 11 is 0. The molecule has 1 aliphatic heterocycles. The summed E-state index contributed by atoms with van der Waals surface area (Å²) in [6.07, 6.45) is 0. The van der Waals surface area contributed by atoms with Gasteiger partial charge in [-0.05, 0) is 0 Å². The fraction of sp³-hybridized carbons (Fsp3) is 0.714. The van der Waals surface area contributed by atoms with Gasteiger partial charge in [0.25, 0.3) is 5.91 Å². The van der Waals surface area contributed by atoms with Crippen LogP contribution in [0.25, 0.3) is 0 Å². The summed E-state index contributed by atoms with van der Waals surface area (Å²) < 4.78 is 0. The van der Waals surface area contributed by atoms with Gasteiger partial charge in [-0.1, -0.05) is 0 Å². The predicted octanol–water partition coefficient (Wildman–Crippen LogP) is -2.55. The molecule has 0 aromatic rings. The normalized spacial score (nSPS) is 17.3. The predicted molar refractivity (Wildman–Crippen MR) is 45.5 cm³/mol. The number of hydrogen-bond donors (Lipinski definition) is 2. The summed E-state index contributed by atoms with van der Waals surface area (Å²) in [5.74, 6) is 0.0316. The van der Waals surface area contributed by atoms with Gasteiger partial charge >= 0.3 is 6.03 Å². The third-order valence-corrected chi connectivity index (χ3v) is 2.16. The zero-order valence-electron chi connectivity index (χ0n) is 7.53. The van der Waals surface area contributed by atoms with E-state index in [1.54, 1.807) is 4.90 Å². The summed E-state index contributed by atoms with van der Waals surface area (Å²) in [7, 11) is 0. The minimum Gasteiger partial charge on any atom is -0.351 e. The first kappa shape index (κ1) is 9.79. The Balaban J connectivity index is 2.39. The van der Waals surface area contributed by atoms with Gasteiger partial charge in [-0.15, -0.1) is 0 Å². The molecular weight excluding hydrogens is 172 g/mol. The van der Waals surface area contributed by atoms with Crippen LogP contribution in [-0.4, -0.2) is 54.5 Å². The van der Waals surface area contributed by atoms with Crippen LogP contribution in [-0.2, 0) is 4.79 Å². The molecule has 13 heavy (non-hydrogen) atoms. The average Bonchev–Trinajstić information content (AvgIpc) is 2.17. The fourth-order valence-corrected chi connectivity index (χ4v) is 1.33. The van der Waals surface area contributed by atoms with E-state index in [1.165, 1.54) is 4.90 Å². The maximum absolute atomic E-state index is 11.2. The molecule has 1 fully saturated rings. The van der Waals surface area contributed by atoms with Crippen LogP contribution >= 0.6 is 0 Å². The highest BCUT2D eigenvalue weighted by Gasteiger charge is 2.22. The van der Waals surface area contributed by atoms with Crippen LogP contribution in [0.2, 0.25) is 0 Å². The van der Waals surface area contributed by atoms with E-state index in [2.05, 4.69) is 5.73 Å². The SMILES string of the molecule is NC(=O)N1CCN(C(=O)C[NH3+])CC1. The van der Waals surface area contributed by atoms with E-state index in [-0.39, 0.29) is 12.5 Å². The highest BCUT2D eigenvalue weighted by Crippen LogP contribution is 2.00. The smallest absolute Gasteiger partial charge is 0.314 e. The Morgan fingerprint density at radius 1 is 1.15 bits per heavy atom. The summed E-state index contributed by atoms with van der Waals surface area (Å²) in [5, 5.41) is 0. The Morgan fingerprint density at radius 2 is 1.62 bits per heavy atom. The second-order valence-corrected chi connectivity index (χ2v) is 2.96. The molecule has 1 heterocycles. The molecule has 5 N–H and O–H groups in total. The molecule has 3 amide bonds. The van der Waals surface area contributed by atoms with Gasteiger partial charge < -0.3 is 21.3 Å². The molecule has 0 bridgehead atoms. The molecule has 74 valence electrons. The third-order valence-electron chi connectivity index (χ3n) is 2.16. The summed E-state index contributed by atoms with van der Waals surface area (Å²) in [5.41, 5.74) is 8.61. The van der Waals surface area contributed by atoms with E-state index in [0.717, 1.165) is 0 Å². The number of nitrogens with zero attached hydrogens (tertiary/aromatic N) is 2. The monoisotopic (exact) mass is 187 g/mol. The lowest BCUT2D eigenvalue weighted by atomic mass is 10.3. The maximum atomic E-state index is 11.2. The third kappa shape index (κ3) is 2.32. The van der Waals surface area contributed by atoms with Gasteiger partial charge in [-0.2, -0.15) is 0 Å². The summed E-state index contributed by atoms with van der Waals surface area (Å²) in [6, 6.07) is -0.415. The van der Waals surface area contributed by atoms with Crippen LogP contribution in [0.15, 0.2) is 0 Å². The van der Waals surface area contributed by atoms with Crippen molar-refractivity contribution >= 4 is 11.9 Å². The molecule has 1 saturated heterocycles. The first-order chi connectivity index (χ1) is 6.15. The Morgan fingerprint density at radius 3 is 2.00 bits per heavy atom. The second kappa shape index (κ2) is 4.08. The molecule has 0 radical (unpaired) electrons. The van der Waals surface area contributed by atoms with Crippen molar-refractivity contribution in [3.05, 3.63) is 0 Å². The van der Waals surface area contributed by atoms with Crippen molar-refractivity contribution in [2.24, 2.45) is 5.73 Å². The molecule has 0 unspecified atom stereocenters. The van der Waals surface area contributed by atoms with Crippen molar-refractivity contribution in [2.75, 3.05) is 32.7 Å². The number of amides is 3. The van der Waals surface area contributed by atoms with Crippen molar-refractivity contribution < 1.29 is 15.3 Å². The summed E-state index contributed by atoms with van der Waals surface area (Å²) in [6.45, 7) is 2.47. The molecule has 0 spiro atoms. The molecule has 1 rings (SSSR count). The quantitative estimate of drug-likeness (QED) is 0.473. The lowest BCUT2D eigenvalue weighted by Crippen LogP contribution is -2.61. The van der Waals surface area contributed by atoms with Crippen molar-refractivity contribution in [1.82, 2.24) is 9.80 Å². The van der Waals surface area contributed by atoms with Gasteiger partial charge in [0.05, 0.1) is 0 Å². The number of rotatable bonds is 1. The van der Waals surface area contributed by atoms with Crippen molar-refractivity contribution in [1.29, 1.82) is 0 Å². The largest absolute Gasteiger partial charge is 0.351 e. The molecule has 0 atom stereocenters. The van der Waals surface area contributed by atoms with E-state index in [4.69, 9.17) is 5.73 Å². The number of primary amides is 1.